The zero-order chi connectivity index (χ0) is 13.1. The highest BCUT2D eigenvalue weighted by Gasteiger charge is 2.11. The highest BCUT2D eigenvalue weighted by atomic mass is 19.2. The van der Waals surface area contributed by atoms with Gasteiger partial charge in [0.15, 0.2) is 11.6 Å². The summed E-state index contributed by atoms with van der Waals surface area (Å²) in [4.78, 5) is 0. The Morgan fingerprint density at radius 2 is 1.67 bits per heavy atom. The van der Waals surface area contributed by atoms with Gasteiger partial charge in [0.2, 0.25) is 0 Å². The summed E-state index contributed by atoms with van der Waals surface area (Å²) in [7, 11) is 0. The van der Waals surface area contributed by atoms with E-state index in [1.807, 2.05) is 31.2 Å². The normalized spacial score (nSPS) is 12.4. The summed E-state index contributed by atoms with van der Waals surface area (Å²) in [6.45, 7) is 1.98. The molecule has 1 atom stereocenters. The van der Waals surface area contributed by atoms with Crippen molar-refractivity contribution in [2.24, 2.45) is 0 Å². The molecule has 0 aliphatic carbocycles. The molecule has 94 valence electrons. The third-order valence-corrected chi connectivity index (χ3v) is 2.88. The molecule has 1 unspecified atom stereocenters. The Labute approximate surface area is 105 Å². The number of aliphatic hydroxyl groups excluding tert-OH is 1. The Kier molecular flexibility index (Phi) is 3.72. The molecule has 0 bridgehead atoms. The second-order valence-corrected chi connectivity index (χ2v) is 4.38. The predicted octanol–water partition coefficient (Wildman–Crippen LogP) is 3.55. The van der Waals surface area contributed by atoms with Crippen LogP contribution in [0.1, 0.15) is 22.8 Å². The summed E-state index contributed by atoms with van der Waals surface area (Å²) in [5.41, 5.74) is 2.48. The van der Waals surface area contributed by atoms with Crippen LogP contribution in [0.15, 0.2) is 42.5 Å². The smallest absolute Gasteiger partial charge is 0.159 e. The zero-order valence-corrected chi connectivity index (χ0v) is 10.0. The van der Waals surface area contributed by atoms with Gasteiger partial charge in [0.1, 0.15) is 0 Å². The van der Waals surface area contributed by atoms with Crippen molar-refractivity contribution in [3.05, 3.63) is 70.8 Å². The molecule has 1 nitrogen and oxygen atoms in total. The number of hydrogen-bond donors (Lipinski definition) is 1. The molecule has 0 amide bonds. The van der Waals surface area contributed by atoms with E-state index in [1.165, 1.54) is 6.07 Å². The fourth-order valence-corrected chi connectivity index (χ4v) is 1.78. The molecule has 0 heterocycles. The van der Waals surface area contributed by atoms with Gasteiger partial charge in [-0.3, -0.25) is 0 Å². The quantitative estimate of drug-likeness (QED) is 0.880. The highest BCUT2D eigenvalue weighted by Crippen LogP contribution is 2.20. The summed E-state index contributed by atoms with van der Waals surface area (Å²) >= 11 is 0. The molecule has 0 aromatic heterocycles. The van der Waals surface area contributed by atoms with Crippen LogP contribution in [0.2, 0.25) is 0 Å². The molecule has 0 saturated heterocycles. The van der Waals surface area contributed by atoms with E-state index < -0.39 is 17.7 Å². The van der Waals surface area contributed by atoms with Gasteiger partial charge >= 0.3 is 0 Å². The Balaban J connectivity index is 2.13. The molecule has 0 saturated carbocycles. The van der Waals surface area contributed by atoms with E-state index in [1.54, 1.807) is 0 Å². The van der Waals surface area contributed by atoms with Crippen LogP contribution in [-0.4, -0.2) is 5.11 Å². The van der Waals surface area contributed by atoms with E-state index in [2.05, 4.69) is 0 Å². The lowest BCUT2D eigenvalue weighted by Crippen LogP contribution is -2.03. The summed E-state index contributed by atoms with van der Waals surface area (Å²) in [6, 6.07) is 11.2. The third kappa shape index (κ3) is 2.93. The number of aliphatic hydroxyl groups is 1. The molecule has 2 aromatic carbocycles. The van der Waals surface area contributed by atoms with Gasteiger partial charge in [-0.2, -0.15) is 0 Å². The van der Waals surface area contributed by atoms with Gasteiger partial charge < -0.3 is 5.11 Å². The van der Waals surface area contributed by atoms with Crippen LogP contribution in [0.25, 0.3) is 0 Å². The SMILES string of the molecule is Cc1ccc(CC(O)c2ccc(F)c(F)c2)cc1. The number of aryl methyl sites for hydroxylation is 1. The Morgan fingerprint density at radius 3 is 2.28 bits per heavy atom. The maximum Gasteiger partial charge on any atom is 0.159 e. The maximum atomic E-state index is 13.0. The lowest BCUT2D eigenvalue weighted by atomic mass is 10.0. The molecule has 0 aliphatic rings. The second-order valence-electron chi connectivity index (χ2n) is 4.38. The summed E-state index contributed by atoms with van der Waals surface area (Å²) in [6.07, 6.45) is -0.450. The van der Waals surface area contributed by atoms with Crippen LogP contribution >= 0.6 is 0 Å². The van der Waals surface area contributed by atoms with Crippen LogP contribution in [0.5, 0.6) is 0 Å². The third-order valence-electron chi connectivity index (χ3n) is 2.88. The molecule has 18 heavy (non-hydrogen) atoms. The average Bonchev–Trinajstić information content (AvgIpc) is 2.35. The number of hydrogen-bond acceptors (Lipinski definition) is 1. The van der Waals surface area contributed by atoms with Crippen LogP contribution in [0, 0.1) is 18.6 Å². The van der Waals surface area contributed by atoms with Crippen molar-refractivity contribution in [2.45, 2.75) is 19.4 Å². The molecule has 0 fully saturated rings. The van der Waals surface area contributed by atoms with Crippen molar-refractivity contribution < 1.29 is 13.9 Å². The van der Waals surface area contributed by atoms with Crippen LogP contribution < -0.4 is 0 Å². The first-order valence-electron chi connectivity index (χ1n) is 5.75. The van der Waals surface area contributed by atoms with Crippen LogP contribution in [0.3, 0.4) is 0 Å². The van der Waals surface area contributed by atoms with Crippen molar-refractivity contribution in [3.8, 4) is 0 Å². The van der Waals surface area contributed by atoms with Crippen LogP contribution in [-0.2, 0) is 6.42 Å². The van der Waals surface area contributed by atoms with E-state index in [4.69, 9.17) is 0 Å². The van der Waals surface area contributed by atoms with E-state index in [-0.39, 0.29) is 0 Å². The first-order chi connectivity index (χ1) is 8.56. The lowest BCUT2D eigenvalue weighted by Gasteiger charge is -2.11. The van der Waals surface area contributed by atoms with Crippen molar-refractivity contribution in [1.29, 1.82) is 0 Å². The van der Waals surface area contributed by atoms with Gasteiger partial charge in [-0.1, -0.05) is 35.9 Å². The van der Waals surface area contributed by atoms with E-state index in [9.17, 15) is 13.9 Å². The highest BCUT2D eigenvalue weighted by molar-refractivity contribution is 5.25. The second kappa shape index (κ2) is 5.27. The topological polar surface area (TPSA) is 20.2 Å². The predicted molar refractivity (Wildman–Crippen MR) is 66.2 cm³/mol. The molecule has 2 rings (SSSR count). The number of rotatable bonds is 3. The van der Waals surface area contributed by atoms with Gasteiger partial charge in [0.25, 0.3) is 0 Å². The Morgan fingerprint density at radius 1 is 1.00 bits per heavy atom. The maximum absolute atomic E-state index is 13.0. The Hall–Kier alpha value is -1.74. The molecule has 1 N–H and O–H groups in total. The molecular formula is C15H14F2O. The summed E-state index contributed by atoms with van der Waals surface area (Å²) in [5, 5.41) is 9.97. The molecule has 0 aliphatic heterocycles. The fraction of sp³-hybridized carbons (Fsp3) is 0.200. The monoisotopic (exact) mass is 248 g/mol. The van der Waals surface area contributed by atoms with Gasteiger partial charge in [0.05, 0.1) is 6.10 Å². The molecule has 3 heteroatoms. The summed E-state index contributed by atoms with van der Waals surface area (Å²) < 4.78 is 25.8. The van der Waals surface area contributed by atoms with Crippen LogP contribution in [0.4, 0.5) is 8.78 Å². The first kappa shape index (κ1) is 12.7. The fourth-order valence-electron chi connectivity index (χ4n) is 1.78. The first-order valence-corrected chi connectivity index (χ1v) is 5.75. The lowest BCUT2D eigenvalue weighted by molar-refractivity contribution is 0.178. The molecule has 0 spiro atoms. The Bertz CT molecular complexity index is 535. The number of halogens is 2. The minimum Gasteiger partial charge on any atom is -0.388 e. The minimum absolute atomic E-state index is 0.380. The number of benzene rings is 2. The van der Waals surface area contributed by atoms with Crippen molar-refractivity contribution in [2.75, 3.05) is 0 Å². The molecule has 0 radical (unpaired) electrons. The zero-order valence-electron chi connectivity index (χ0n) is 10.0. The van der Waals surface area contributed by atoms with E-state index >= 15 is 0 Å². The largest absolute Gasteiger partial charge is 0.388 e. The van der Waals surface area contributed by atoms with E-state index in [0.29, 0.717) is 12.0 Å². The van der Waals surface area contributed by atoms with E-state index in [0.717, 1.165) is 23.3 Å². The summed E-state index contributed by atoms with van der Waals surface area (Å²) in [5.74, 6) is -1.84. The van der Waals surface area contributed by atoms with Crippen molar-refractivity contribution in [3.63, 3.8) is 0 Å². The van der Waals surface area contributed by atoms with Gasteiger partial charge in [-0.05, 0) is 30.2 Å². The van der Waals surface area contributed by atoms with Crippen molar-refractivity contribution in [1.82, 2.24) is 0 Å². The van der Waals surface area contributed by atoms with Gasteiger partial charge in [-0.25, -0.2) is 8.78 Å². The van der Waals surface area contributed by atoms with Gasteiger partial charge in [-0.15, -0.1) is 0 Å². The standard InChI is InChI=1S/C15H14F2O/c1-10-2-4-11(5-3-10)8-15(18)12-6-7-13(16)14(17)9-12/h2-7,9,15,18H,8H2,1H3. The minimum atomic E-state index is -0.935. The van der Waals surface area contributed by atoms with Crippen molar-refractivity contribution >= 4 is 0 Å². The molecular weight excluding hydrogens is 234 g/mol. The molecule has 2 aromatic rings. The average molecular weight is 248 g/mol. The van der Waals surface area contributed by atoms with Gasteiger partial charge in [0, 0.05) is 6.42 Å².